The highest BCUT2D eigenvalue weighted by Crippen LogP contribution is 2.22. The fourth-order valence-corrected chi connectivity index (χ4v) is 3.48. The van der Waals surface area contributed by atoms with Gasteiger partial charge in [-0.05, 0) is 56.6 Å². The molecule has 1 aromatic rings. The maximum Gasteiger partial charge on any atom is 0.123 e. The molecule has 2 saturated heterocycles. The minimum atomic E-state index is -0.198. The number of rotatable bonds is 4. The van der Waals surface area contributed by atoms with Crippen LogP contribution >= 0.6 is 0 Å². The van der Waals surface area contributed by atoms with Gasteiger partial charge in [0.1, 0.15) is 5.82 Å². The minimum absolute atomic E-state index is 0.0204. The Labute approximate surface area is 120 Å². The van der Waals surface area contributed by atoms with Crippen molar-refractivity contribution in [3.05, 3.63) is 35.6 Å². The molecule has 0 bridgehead atoms. The van der Waals surface area contributed by atoms with E-state index in [-0.39, 0.29) is 11.9 Å². The van der Waals surface area contributed by atoms with Gasteiger partial charge in [0.05, 0.1) is 0 Å². The minimum Gasteiger partial charge on any atom is -0.323 e. The molecular weight excluding hydrogens is 253 g/mol. The van der Waals surface area contributed by atoms with Gasteiger partial charge in [-0.15, -0.1) is 0 Å². The monoisotopic (exact) mass is 277 g/mol. The Balaban J connectivity index is 1.52. The molecule has 4 heteroatoms. The van der Waals surface area contributed by atoms with Gasteiger partial charge in [-0.2, -0.15) is 0 Å². The van der Waals surface area contributed by atoms with Gasteiger partial charge in [0.25, 0.3) is 0 Å². The topological polar surface area (TPSA) is 32.5 Å². The second-order valence-corrected chi connectivity index (χ2v) is 6.10. The zero-order valence-electron chi connectivity index (χ0n) is 12.0. The van der Waals surface area contributed by atoms with Crippen molar-refractivity contribution in [2.24, 2.45) is 5.73 Å². The SMILES string of the molecule is NC(CN1CCC(N2CCCC2)C1)c1ccc(F)cc1. The lowest BCUT2D eigenvalue weighted by atomic mass is 10.1. The third-order valence-corrected chi connectivity index (χ3v) is 4.66. The summed E-state index contributed by atoms with van der Waals surface area (Å²) >= 11 is 0. The van der Waals surface area contributed by atoms with E-state index in [1.807, 2.05) is 0 Å². The maximum absolute atomic E-state index is 12.9. The molecule has 0 radical (unpaired) electrons. The molecule has 0 saturated carbocycles. The molecule has 0 spiro atoms. The highest BCUT2D eigenvalue weighted by Gasteiger charge is 2.29. The van der Waals surface area contributed by atoms with Crippen LogP contribution < -0.4 is 5.73 Å². The molecular formula is C16H24FN3. The average molecular weight is 277 g/mol. The van der Waals surface area contributed by atoms with E-state index in [4.69, 9.17) is 5.73 Å². The predicted octanol–water partition coefficient (Wildman–Crippen LogP) is 2.00. The first kappa shape index (κ1) is 14.0. The van der Waals surface area contributed by atoms with Gasteiger partial charge in [-0.3, -0.25) is 9.80 Å². The van der Waals surface area contributed by atoms with Crippen LogP contribution in [0.3, 0.4) is 0 Å². The first-order valence-corrected chi connectivity index (χ1v) is 7.70. The van der Waals surface area contributed by atoms with Crippen LogP contribution in [-0.4, -0.2) is 48.6 Å². The van der Waals surface area contributed by atoms with E-state index in [1.165, 1.54) is 44.5 Å². The summed E-state index contributed by atoms with van der Waals surface area (Å²) < 4.78 is 12.9. The Kier molecular flexibility index (Phi) is 4.34. The zero-order chi connectivity index (χ0) is 13.9. The number of halogens is 1. The van der Waals surface area contributed by atoms with Crippen molar-refractivity contribution < 1.29 is 4.39 Å². The molecule has 3 rings (SSSR count). The number of hydrogen-bond acceptors (Lipinski definition) is 3. The van der Waals surface area contributed by atoms with E-state index in [2.05, 4.69) is 9.80 Å². The van der Waals surface area contributed by atoms with Gasteiger partial charge in [0.2, 0.25) is 0 Å². The van der Waals surface area contributed by atoms with E-state index in [0.29, 0.717) is 0 Å². The van der Waals surface area contributed by atoms with Crippen molar-refractivity contribution in [1.82, 2.24) is 9.80 Å². The Morgan fingerprint density at radius 3 is 2.55 bits per heavy atom. The van der Waals surface area contributed by atoms with Gasteiger partial charge in [0, 0.05) is 25.2 Å². The second-order valence-electron chi connectivity index (χ2n) is 6.10. The van der Waals surface area contributed by atoms with Crippen LogP contribution in [-0.2, 0) is 0 Å². The number of likely N-dealkylation sites (tertiary alicyclic amines) is 2. The standard InChI is InChI=1S/C16H24FN3/c17-14-5-3-13(4-6-14)16(18)12-19-10-7-15(11-19)20-8-1-2-9-20/h3-6,15-16H,1-2,7-12,18H2. The Hall–Kier alpha value is -0.970. The van der Waals surface area contributed by atoms with Gasteiger partial charge in [0.15, 0.2) is 0 Å². The number of nitrogens with zero attached hydrogens (tertiary/aromatic N) is 2. The first-order valence-electron chi connectivity index (χ1n) is 7.70. The summed E-state index contributed by atoms with van der Waals surface area (Å²) in [4.78, 5) is 5.08. The van der Waals surface area contributed by atoms with Crippen molar-refractivity contribution in [2.75, 3.05) is 32.7 Å². The van der Waals surface area contributed by atoms with E-state index in [0.717, 1.165) is 31.2 Å². The van der Waals surface area contributed by atoms with Crippen molar-refractivity contribution in [3.8, 4) is 0 Å². The van der Waals surface area contributed by atoms with Crippen molar-refractivity contribution in [3.63, 3.8) is 0 Å². The van der Waals surface area contributed by atoms with Crippen LogP contribution in [0.15, 0.2) is 24.3 Å². The molecule has 2 atom stereocenters. The van der Waals surface area contributed by atoms with Crippen LogP contribution in [0.25, 0.3) is 0 Å². The molecule has 0 amide bonds. The van der Waals surface area contributed by atoms with E-state index in [1.54, 1.807) is 12.1 Å². The molecule has 2 heterocycles. The Morgan fingerprint density at radius 2 is 1.85 bits per heavy atom. The van der Waals surface area contributed by atoms with Gasteiger partial charge >= 0.3 is 0 Å². The molecule has 2 N–H and O–H groups in total. The Bertz CT molecular complexity index is 428. The molecule has 20 heavy (non-hydrogen) atoms. The number of benzene rings is 1. The smallest absolute Gasteiger partial charge is 0.123 e. The lowest BCUT2D eigenvalue weighted by Crippen LogP contribution is -2.37. The molecule has 0 aliphatic carbocycles. The first-order chi connectivity index (χ1) is 9.72. The quantitative estimate of drug-likeness (QED) is 0.913. The van der Waals surface area contributed by atoms with E-state index >= 15 is 0 Å². The molecule has 110 valence electrons. The summed E-state index contributed by atoms with van der Waals surface area (Å²) in [7, 11) is 0. The van der Waals surface area contributed by atoms with Crippen LogP contribution in [0.4, 0.5) is 4.39 Å². The fraction of sp³-hybridized carbons (Fsp3) is 0.625. The highest BCUT2D eigenvalue weighted by molar-refractivity contribution is 5.19. The third kappa shape index (κ3) is 3.19. The van der Waals surface area contributed by atoms with E-state index < -0.39 is 0 Å². The lowest BCUT2D eigenvalue weighted by Gasteiger charge is -2.25. The molecule has 1 aromatic carbocycles. The van der Waals surface area contributed by atoms with Crippen LogP contribution in [0.1, 0.15) is 30.9 Å². The summed E-state index contributed by atoms with van der Waals surface area (Å²) in [5.74, 6) is -0.198. The fourth-order valence-electron chi connectivity index (χ4n) is 3.48. The predicted molar refractivity (Wildman–Crippen MR) is 79.0 cm³/mol. The molecule has 0 aromatic heterocycles. The lowest BCUT2D eigenvalue weighted by molar-refractivity contribution is 0.228. The normalized spacial score (nSPS) is 26.2. The maximum atomic E-state index is 12.9. The highest BCUT2D eigenvalue weighted by atomic mass is 19.1. The van der Waals surface area contributed by atoms with Crippen molar-refractivity contribution in [1.29, 1.82) is 0 Å². The summed E-state index contributed by atoms with van der Waals surface area (Å²) in [6.45, 7) is 5.67. The second kappa shape index (κ2) is 6.20. The number of nitrogens with two attached hydrogens (primary N) is 1. The van der Waals surface area contributed by atoms with Gasteiger partial charge < -0.3 is 5.73 Å². The van der Waals surface area contributed by atoms with Crippen molar-refractivity contribution >= 4 is 0 Å². The summed E-state index contributed by atoms with van der Waals surface area (Å²) in [6, 6.07) is 7.28. The van der Waals surface area contributed by atoms with Gasteiger partial charge in [-0.1, -0.05) is 12.1 Å². The Morgan fingerprint density at radius 1 is 1.15 bits per heavy atom. The summed E-state index contributed by atoms with van der Waals surface area (Å²) in [5, 5.41) is 0. The average Bonchev–Trinajstić information content (AvgIpc) is 3.09. The van der Waals surface area contributed by atoms with Crippen LogP contribution in [0, 0.1) is 5.82 Å². The van der Waals surface area contributed by atoms with Crippen molar-refractivity contribution in [2.45, 2.75) is 31.3 Å². The third-order valence-electron chi connectivity index (χ3n) is 4.66. The molecule has 2 fully saturated rings. The molecule has 3 nitrogen and oxygen atoms in total. The molecule has 2 unspecified atom stereocenters. The summed E-state index contributed by atoms with van der Waals surface area (Å²) in [5.41, 5.74) is 7.27. The van der Waals surface area contributed by atoms with Crippen LogP contribution in [0.5, 0.6) is 0 Å². The molecule has 2 aliphatic heterocycles. The largest absolute Gasteiger partial charge is 0.323 e. The summed E-state index contributed by atoms with van der Waals surface area (Å²) in [6.07, 6.45) is 3.97. The van der Waals surface area contributed by atoms with Gasteiger partial charge in [-0.25, -0.2) is 4.39 Å². The molecule has 2 aliphatic rings. The van der Waals surface area contributed by atoms with E-state index in [9.17, 15) is 4.39 Å². The number of hydrogen-bond donors (Lipinski definition) is 1. The zero-order valence-corrected chi connectivity index (χ0v) is 12.0. The van der Waals surface area contributed by atoms with Crippen LogP contribution in [0.2, 0.25) is 0 Å².